The van der Waals surface area contributed by atoms with Gasteiger partial charge in [0.2, 0.25) is 0 Å². The van der Waals surface area contributed by atoms with Crippen LogP contribution in [0.4, 0.5) is 0 Å². The number of hydrogen-bond donors (Lipinski definition) is 1. The van der Waals surface area contributed by atoms with E-state index in [1.54, 1.807) is 0 Å². The van der Waals surface area contributed by atoms with E-state index in [0.717, 1.165) is 32.1 Å². The molecule has 0 bridgehead atoms. The van der Waals surface area contributed by atoms with Gasteiger partial charge in [0.1, 0.15) is 0 Å². The Morgan fingerprint density at radius 2 is 0.914 bits per heavy atom. The van der Waals surface area contributed by atoms with Gasteiger partial charge in [-0.3, -0.25) is 4.57 Å². The van der Waals surface area contributed by atoms with E-state index < -0.39 is 7.60 Å². The zero-order valence-electron chi connectivity index (χ0n) is 23.7. The van der Waals surface area contributed by atoms with Crippen molar-refractivity contribution in [2.45, 2.75) is 162 Å². The molecule has 0 aliphatic heterocycles. The van der Waals surface area contributed by atoms with Gasteiger partial charge in [-0.2, -0.15) is 0 Å². The molecule has 0 aromatic heterocycles. The lowest BCUT2D eigenvalue weighted by Gasteiger charge is -2.21. The van der Waals surface area contributed by atoms with E-state index in [4.69, 9.17) is 14.2 Å². The maximum atomic E-state index is 13.4. The van der Waals surface area contributed by atoms with Crippen molar-refractivity contribution in [2.24, 2.45) is 0 Å². The molecule has 0 aromatic rings. The molecular weight excluding hydrogens is 455 g/mol. The van der Waals surface area contributed by atoms with Crippen LogP contribution in [0.1, 0.15) is 162 Å². The molecule has 4 nitrogen and oxygen atoms in total. The molecule has 0 unspecified atom stereocenters. The monoisotopic (exact) mass is 516 g/mol. The number of hydrogen-bond acceptors (Lipinski definition) is 4. The molecule has 0 amide bonds. The molecule has 1 N–H and O–H groups in total. The van der Waals surface area contributed by atoms with Crippen molar-refractivity contribution in [3.63, 3.8) is 0 Å². The zero-order chi connectivity index (χ0) is 25.9. The van der Waals surface area contributed by atoms with Crippen molar-refractivity contribution in [1.82, 2.24) is 0 Å². The Morgan fingerprint density at radius 3 is 1.26 bits per heavy atom. The molecule has 0 saturated carbocycles. The summed E-state index contributed by atoms with van der Waals surface area (Å²) in [5.41, 5.74) is 0. The third kappa shape index (κ3) is 22.8. The van der Waals surface area contributed by atoms with Gasteiger partial charge in [-0.1, -0.05) is 136 Å². The van der Waals surface area contributed by atoms with Gasteiger partial charge in [-0.25, -0.2) is 0 Å². The van der Waals surface area contributed by atoms with Crippen LogP contribution in [-0.2, 0) is 13.6 Å². The van der Waals surface area contributed by atoms with Crippen LogP contribution in [0.15, 0.2) is 11.9 Å². The van der Waals surface area contributed by atoms with Crippen LogP contribution in [0.5, 0.6) is 0 Å². The SMILES string of the molecule is C=C(CCCCO)P(=O)(OCCCCCCCCCCCC)OCCCCCCCCCCCC. The van der Waals surface area contributed by atoms with Gasteiger partial charge in [0, 0.05) is 11.9 Å². The summed E-state index contributed by atoms with van der Waals surface area (Å²) in [5.74, 6) is 0. The molecule has 0 aliphatic carbocycles. The van der Waals surface area contributed by atoms with Gasteiger partial charge < -0.3 is 14.2 Å². The van der Waals surface area contributed by atoms with Gasteiger partial charge in [-0.15, -0.1) is 0 Å². The first kappa shape index (κ1) is 34.9. The number of allylic oxidation sites excluding steroid dienone is 1. The van der Waals surface area contributed by atoms with Gasteiger partial charge in [-0.05, 0) is 32.1 Å². The second-order valence-corrected chi connectivity index (χ2v) is 12.4. The molecule has 0 atom stereocenters. The quantitative estimate of drug-likeness (QED) is 0.0793. The first-order valence-corrected chi connectivity index (χ1v) is 16.8. The van der Waals surface area contributed by atoms with Gasteiger partial charge in [0.25, 0.3) is 0 Å². The highest BCUT2D eigenvalue weighted by Gasteiger charge is 2.28. The molecular formula is C30H61O4P. The van der Waals surface area contributed by atoms with Gasteiger partial charge in [0.15, 0.2) is 0 Å². The van der Waals surface area contributed by atoms with Crippen molar-refractivity contribution in [3.8, 4) is 0 Å². The van der Waals surface area contributed by atoms with Crippen LogP contribution in [-0.4, -0.2) is 24.9 Å². The van der Waals surface area contributed by atoms with Crippen molar-refractivity contribution in [3.05, 3.63) is 11.9 Å². The normalized spacial score (nSPS) is 11.9. The lowest BCUT2D eigenvalue weighted by Crippen LogP contribution is -2.02. The van der Waals surface area contributed by atoms with E-state index in [1.165, 1.54) is 103 Å². The fraction of sp³-hybridized carbons (Fsp3) is 0.933. The third-order valence-corrected chi connectivity index (χ3v) is 8.82. The molecule has 0 rings (SSSR count). The van der Waals surface area contributed by atoms with E-state index in [9.17, 15) is 4.57 Å². The van der Waals surface area contributed by atoms with Crippen molar-refractivity contribution in [2.75, 3.05) is 19.8 Å². The summed E-state index contributed by atoms with van der Waals surface area (Å²) < 4.78 is 25.1. The van der Waals surface area contributed by atoms with E-state index in [2.05, 4.69) is 20.4 Å². The van der Waals surface area contributed by atoms with Crippen LogP contribution < -0.4 is 0 Å². The number of aliphatic hydroxyl groups excluding tert-OH is 1. The fourth-order valence-corrected chi connectivity index (χ4v) is 5.96. The number of rotatable bonds is 29. The van der Waals surface area contributed by atoms with Crippen molar-refractivity contribution < 1.29 is 18.7 Å². The predicted octanol–water partition coefficient (Wildman–Crippen LogP) is 10.7. The average Bonchev–Trinajstić information content (AvgIpc) is 2.86. The molecule has 0 saturated heterocycles. The molecule has 0 spiro atoms. The standard InChI is InChI=1S/C30H61O4P/c1-4-6-8-10-12-14-16-18-20-24-28-33-35(32,30(3)26-22-23-27-31)34-29-25-21-19-17-15-13-11-9-7-5-2/h31H,3-29H2,1-2H3. The smallest absolute Gasteiger partial charge is 0.356 e. The Morgan fingerprint density at radius 1 is 0.571 bits per heavy atom. The minimum Gasteiger partial charge on any atom is -0.396 e. The number of aliphatic hydroxyl groups is 1. The molecule has 210 valence electrons. The second kappa shape index (κ2) is 26.9. The minimum atomic E-state index is -3.28. The topological polar surface area (TPSA) is 55.8 Å². The maximum absolute atomic E-state index is 13.4. The van der Waals surface area contributed by atoms with Crippen LogP contribution >= 0.6 is 7.60 Å². The summed E-state index contributed by atoms with van der Waals surface area (Å²) >= 11 is 0. The largest absolute Gasteiger partial charge is 0.396 e. The lowest BCUT2D eigenvalue weighted by molar-refractivity contribution is 0.202. The van der Waals surface area contributed by atoms with E-state index >= 15 is 0 Å². The fourth-order valence-electron chi connectivity index (χ4n) is 4.35. The van der Waals surface area contributed by atoms with E-state index in [1.807, 2.05) is 0 Å². The van der Waals surface area contributed by atoms with Crippen LogP contribution in [0.2, 0.25) is 0 Å². The summed E-state index contributed by atoms with van der Waals surface area (Å²) in [4.78, 5) is 0. The molecule has 0 aromatic carbocycles. The van der Waals surface area contributed by atoms with Crippen molar-refractivity contribution >= 4 is 7.60 Å². The van der Waals surface area contributed by atoms with Crippen LogP contribution in [0.3, 0.4) is 0 Å². The molecule has 0 heterocycles. The molecule has 0 fully saturated rings. The second-order valence-electron chi connectivity index (χ2n) is 10.3. The lowest BCUT2D eigenvalue weighted by atomic mass is 10.1. The molecule has 0 radical (unpaired) electrons. The average molecular weight is 517 g/mol. The molecule has 35 heavy (non-hydrogen) atoms. The maximum Gasteiger partial charge on any atom is 0.356 e. The highest BCUT2D eigenvalue weighted by Crippen LogP contribution is 2.57. The molecule has 0 aliphatic rings. The highest BCUT2D eigenvalue weighted by atomic mass is 31.2. The molecule has 5 heteroatoms. The number of unbranched alkanes of at least 4 members (excludes halogenated alkanes) is 19. The van der Waals surface area contributed by atoms with Crippen LogP contribution in [0.25, 0.3) is 0 Å². The first-order valence-electron chi connectivity index (χ1n) is 15.3. The van der Waals surface area contributed by atoms with Gasteiger partial charge in [0.05, 0.1) is 13.2 Å². The first-order chi connectivity index (χ1) is 17.1. The van der Waals surface area contributed by atoms with E-state index in [-0.39, 0.29) is 6.61 Å². The summed E-state index contributed by atoms with van der Waals surface area (Å²) in [7, 11) is -3.28. The Bertz CT molecular complexity index is 465. The zero-order valence-corrected chi connectivity index (χ0v) is 24.6. The Hall–Kier alpha value is -0.150. The van der Waals surface area contributed by atoms with E-state index in [0.29, 0.717) is 31.4 Å². The summed E-state index contributed by atoms with van der Waals surface area (Å²) in [6, 6.07) is 0. The highest BCUT2D eigenvalue weighted by molar-refractivity contribution is 7.58. The Balaban J connectivity index is 4.06. The Kier molecular flexibility index (Phi) is 26.8. The van der Waals surface area contributed by atoms with Gasteiger partial charge >= 0.3 is 7.60 Å². The summed E-state index contributed by atoms with van der Waals surface area (Å²) in [5, 5.41) is 9.63. The van der Waals surface area contributed by atoms with Crippen LogP contribution in [0, 0.1) is 0 Å². The summed E-state index contributed by atoms with van der Waals surface area (Å²) in [6.07, 6.45) is 27.3. The Labute approximate surface area is 219 Å². The predicted molar refractivity (Wildman–Crippen MR) is 153 cm³/mol. The minimum absolute atomic E-state index is 0.149. The van der Waals surface area contributed by atoms with Crippen molar-refractivity contribution in [1.29, 1.82) is 0 Å². The summed E-state index contributed by atoms with van der Waals surface area (Å²) in [6.45, 7) is 9.66. The third-order valence-electron chi connectivity index (χ3n) is 6.78.